The van der Waals surface area contributed by atoms with Crippen molar-refractivity contribution in [3.63, 3.8) is 0 Å². The van der Waals surface area contributed by atoms with Crippen molar-refractivity contribution in [2.24, 2.45) is 0 Å². The number of aliphatic hydroxyl groups excluding tert-OH is 2. The van der Waals surface area contributed by atoms with Gasteiger partial charge in [0, 0.05) is 22.0 Å². The first-order valence-corrected chi connectivity index (χ1v) is 12.5. The van der Waals surface area contributed by atoms with E-state index in [1.165, 1.54) is 12.8 Å². The first-order valence-electron chi connectivity index (χ1n) is 12.5. The molecule has 172 valence electrons. The number of ketones is 1. The zero-order valence-electron chi connectivity index (χ0n) is 19.6. The van der Waals surface area contributed by atoms with Crippen LogP contribution in [0, 0.1) is 0 Å². The third kappa shape index (κ3) is 4.18. The average molecular weight is 435 g/mol. The number of aliphatic hydroxyl groups is 2. The summed E-state index contributed by atoms with van der Waals surface area (Å²) in [4.78, 5) is 13.2. The van der Waals surface area contributed by atoms with Crippen molar-refractivity contribution < 1.29 is 15.0 Å². The molecule has 2 aromatic carbocycles. The number of benzene rings is 2. The Morgan fingerprint density at radius 1 is 0.625 bits per heavy atom. The van der Waals surface area contributed by atoms with Gasteiger partial charge < -0.3 is 10.2 Å². The first-order chi connectivity index (χ1) is 15.4. The highest BCUT2D eigenvalue weighted by molar-refractivity contribution is 6.09. The second-order valence-corrected chi connectivity index (χ2v) is 10.3. The van der Waals surface area contributed by atoms with Gasteiger partial charge in [-0.05, 0) is 50.7 Å². The highest BCUT2D eigenvalue weighted by Crippen LogP contribution is 2.43. The topological polar surface area (TPSA) is 57.5 Å². The van der Waals surface area contributed by atoms with Gasteiger partial charge in [-0.15, -0.1) is 0 Å². The zero-order valence-corrected chi connectivity index (χ0v) is 19.6. The predicted molar refractivity (Wildman–Crippen MR) is 129 cm³/mol. The molecule has 2 unspecified atom stereocenters. The number of carbonyl (C=O) groups excluding carboxylic acids is 1. The van der Waals surface area contributed by atoms with Crippen LogP contribution in [0.1, 0.15) is 105 Å². The van der Waals surface area contributed by atoms with Crippen molar-refractivity contribution in [2.75, 3.05) is 0 Å². The molecule has 2 aliphatic carbocycles. The van der Waals surface area contributed by atoms with Crippen LogP contribution in [-0.2, 0) is 10.8 Å². The van der Waals surface area contributed by atoms with Crippen LogP contribution in [0.15, 0.2) is 48.5 Å². The van der Waals surface area contributed by atoms with Gasteiger partial charge >= 0.3 is 0 Å². The Morgan fingerprint density at radius 2 is 0.938 bits per heavy atom. The molecule has 0 radical (unpaired) electrons. The second kappa shape index (κ2) is 9.49. The highest BCUT2D eigenvalue weighted by Gasteiger charge is 2.39. The molecular weight excluding hydrogens is 396 g/mol. The Bertz CT molecular complexity index is 821. The molecule has 0 aromatic heterocycles. The van der Waals surface area contributed by atoms with Gasteiger partial charge in [0.25, 0.3) is 0 Å². The van der Waals surface area contributed by atoms with Crippen LogP contribution in [0.2, 0.25) is 0 Å². The molecule has 2 saturated carbocycles. The van der Waals surface area contributed by atoms with Crippen molar-refractivity contribution in [3.8, 4) is 0 Å². The van der Waals surface area contributed by atoms with Crippen molar-refractivity contribution in [3.05, 3.63) is 70.8 Å². The molecule has 3 heteroatoms. The Hall–Kier alpha value is -1.97. The molecule has 0 amide bonds. The third-order valence-corrected chi connectivity index (χ3v) is 8.53. The summed E-state index contributed by atoms with van der Waals surface area (Å²) in [6.45, 7) is 3.80. The largest absolute Gasteiger partial charge is 0.392 e. The molecule has 0 spiro atoms. The molecule has 0 saturated heterocycles. The maximum absolute atomic E-state index is 13.2. The van der Waals surface area contributed by atoms with Crippen molar-refractivity contribution in [1.82, 2.24) is 0 Å². The number of carbonyl (C=O) groups is 1. The van der Waals surface area contributed by atoms with Gasteiger partial charge in [-0.2, -0.15) is 0 Å². The van der Waals surface area contributed by atoms with Crippen LogP contribution in [0.4, 0.5) is 0 Å². The van der Waals surface area contributed by atoms with Crippen molar-refractivity contribution in [2.45, 2.75) is 101 Å². The molecule has 2 aromatic rings. The Labute approximate surface area is 192 Å². The SMILES string of the molecule is CC(O)C1(c2ccc(C(=O)c3ccc(C4(C(C)O)CCCCC4)cc3)cc2)CCCCC1. The standard InChI is InChI=1S/C29H38O3/c1-21(30)28(17-5-3-6-18-28)25-13-9-23(10-14-25)27(32)24-11-15-26(16-12-24)29(22(2)31)19-7-4-8-20-29/h9-16,21-22,30-31H,3-8,17-20H2,1-2H3. The lowest BCUT2D eigenvalue weighted by molar-refractivity contribution is 0.0684. The maximum atomic E-state index is 13.2. The van der Waals surface area contributed by atoms with Crippen LogP contribution in [0.5, 0.6) is 0 Å². The van der Waals surface area contributed by atoms with Crippen LogP contribution in [0.25, 0.3) is 0 Å². The summed E-state index contributed by atoms with van der Waals surface area (Å²) in [5.41, 5.74) is 3.29. The zero-order chi connectivity index (χ0) is 22.8. The van der Waals surface area contributed by atoms with Gasteiger partial charge in [0.15, 0.2) is 5.78 Å². The van der Waals surface area contributed by atoms with Crippen LogP contribution in [-0.4, -0.2) is 28.2 Å². The Morgan fingerprint density at radius 3 is 1.22 bits per heavy atom. The molecule has 2 aliphatic rings. The smallest absolute Gasteiger partial charge is 0.193 e. The minimum Gasteiger partial charge on any atom is -0.392 e. The van der Waals surface area contributed by atoms with E-state index in [9.17, 15) is 15.0 Å². The van der Waals surface area contributed by atoms with Crippen LogP contribution < -0.4 is 0 Å². The summed E-state index contributed by atoms with van der Waals surface area (Å²) in [6, 6.07) is 15.9. The summed E-state index contributed by atoms with van der Waals surface area (Å²) in [6.07, 6.45) is 10.3. The summed E-state index contributed by atoms with van der Waals surface area (Å²) < 4.78 is 0. The lowest BCUT2D eigenvalue weighted by Gasteiger charge is -2.40. The monoisotopic (exact) mass is 434 g/mol. The van der Waals surface area contributed by atoms with E-state index < -0.39 is 12.2 Å². The number of rotatable bonds is 6. The van der Waals surface area contributed by atoms with E-state index in [0.717, 1.165) is 62.5 Å². The van der Waals surface area contributed by atoms with Crippen LogP contribution in [0.3, 0.4) is 0 Å². The van der Waals surface area contributed by atoms with E-state index in [1.807, 2.05) is 62.4 Å². The molecule has 0 heterocycles. The molecule has 2 N–H and O–H groups in total. The molecule has 3 nitrogen and oxygen atoms in total. The summed E-state index contributed by atoms with van der Waals surface area (Å²) in [5, 5.41) is 21.1. The fourth-order valence-corrected chi connectivity index (χ4v) is 6.33. The molecule has 2 atom stereocenters. The normalized spacial score (nSPS) is 22.1. The summed E-state index contributed by atoms with van der Waals surface area (Å²) in [7, 11) is 0. The fraction of sp³-hybridized carbons (Fsp3) is 0.552. The number of hydrogen-bond acceptors (Lipinski definition) is 3. The van der Waals surface area contributed by atoms with Gasteiger partial charge in [-0.1, -0.05) is 87.1 Å². The minimum absolute atomic E-state index is 0.0209. The summed E-state index contributed by atoms with van der Waals surface area (Å²) in [5.74, 6) is 0.0209. The molecular formula is C29H38O3. The molecule has 32 heavy (non-hydrogen) atoms. The maximum Gasteiger partial charge on any atom is 0.193 e. The van der Waals surface area contributed by atoms with E-state index >= 15 is 0 Å². The van der Waals surface area contributed by atoms with Gasteiger partial charge in [-0.25, -0.2) is 0 Å². The number of hydrogen-bond donors (Lipinski definition) is 2. The molecule has 2 fully saturated rings. The van der Waals surface area contributed by atoms with E-state index in [2.05, 4.69) is 0 Å². The lowest BCUT2D eigenvalue weighted by Crippen LogP contribution is -2.39. The van der Waals surface area contributed by atoms with Gasteiger partial charge in [0.1, 0.15) is 0 Å². The quantitative estimate of drug-likeness (QED) is 0.542. The van der Waals surface area contributed by atoms with E-state index in [1.54, 1.807) is 0 Å². The van der Waals surface area contributed by atoms with Gasteiger partial charge in [0.05, 0.1) is 12.2 Å². The highest BCUT2D eigenvalue weighted by atomic mass is 16.3. The van der Waals surface area contributed by atoms with Crippen molar-refractivity contribution >= 4 is 5.78 Å². The molecule has 0 bridgehead atoms. The van der Waals surface area contributed by atoms with E-state index in [4.69, 9.17) is 0 Å². The van der Waals surface area contributed by atoms with E-state index in [0.29, 0.717) is 11.1 Å². The van der Waals surface area contributed by atoms with Crippen molar-refractivity contribution in [1.29, 1.82) is 0 Å². The molecule has 0 aliphatic heterocycles. The third-order valence-electron chi connectivity index (χ3n) is 8.53. The summed E-state index contributed by atoms with van der Waals surface area (Å²) >= 11 is 0. The fourth-order valence-electron chi connectivity index (χ4n) is 6.33. The second-order valence-electron chi connectivity index (χ2n) is 10.3. The minimum atomic E-state index is -0.391. The lowest BCUT2D eigenvalue weighted by atomic mass is 9.66. The van der Waals surface area contributed by atoms with E-state index in [-0.39, 0.29) is 16.6 Å². The first kappa shape index (κ1) is 23.2. The van der Waals surface area contributed by atoms with Crippen LogP contribution >= 0.6 is 0 Å². The molecule has 4 rings (SSSR count). The van der Waals surface area contributed by atoms with Gasteiger partial charge in [-0.3, -0.25) is 4.79 Å². The average Bonchev–Trinajstić information content (AvgIpc) is 2.84. The predicted octanol–water partition coefficient (Wildman–Crippen LogP) is 6.08. The Balaban J connectivity index is 1.54. The van der Waals surface area contributed by atoms with Gasteiger partial charge in [0.2, 0.25) is 0 Å². The Kier molecular flexibility index (Phi) is 6.88.